The highest BCUT2D eigenvalue weighted by Gasteiger charge is 2.33. The number of nitrogens with zero attached hydrogens (tertiary/aromatic N) is 2. The first-order chi connectivity index (χ1) is 19.4. The maximum Gasteiger partial charge on any atom is 0.247 e. The number of benzene rings is 3. The van der Waals surface area contributed by atoms with E-state index in [1.54, 1.807) is 17.0 Å². The topological polar surface area (TPSA) is 68.4 Å². The van der Waals surface area contributed by atoms with Gasteiger partial charge in [0.1, 0.15) is 11.9 Å². The molecule has 0 spiro atoms. The summed E-state index contributed by atoms with van der Waals surface area (Å²) in [5.74, 6) is -0.695. The molecule has 6 nitrogen and oxygen atoms in total. The van der Waals surface area contributed by atoms with Crippen LogP contribution in [0.2, 0.25) is 0 Å². The number of anilines is 1. The van der Waals surface area contributed by atoms with Crippen LogP contribution in [0.3, 0.4) is 0 Å². The summed E-state index contributed by atoms with van der Waals surface area (Å²) in [5, 5.41) is 4.25. The SMILES string of the molecule is CN(C)c1ccc([C@H](C(=O)NC2CCCCC2)N(Cc2ccc(F)cc2)C(=O)Cc2c[nH]c3ccccc23)cc1. The Morgan fingerprint density at radius 1 is 0.950 bits per heavy atom. The monoisotopic (exact) mass is 540 g/mol. The summed E-state index contributed by atoms with van der Waals surface area (Å²) < 4.78 is 13.7. The highest BCUT2D eigenvalue weighted by atomic mass is 19.1. The van der Waals surface area contributed by atoms with Gasteiger partial charge < -0.3 is 20.1 Å². The lowest BCUT2D eigenvalue weighted by atomic mass is 9.94. The van der Waals surface area contributed by atoms with E-state index in [0.29, 0.717) is 0 Å². The van der Waals surface area contributed by atoms with Gasteiger partial charge in [0, 0.05) is 49.5 Å². The second kappa shape index (κ2) is 12.4. The average molecular weight is 541 g/mol. The molecule has 1 heterocycles. The Morgan fingerprint density at radius 3 is 2.35 bits per heavy atom. The van der Waals surface area contributed by atoms with Gasteiger partial charge in [0.2, 0.25) is 11.8 Å². The Balaban J connectivity index is 1.52. The number of nitrogens with one attached hydrogen (secondary N) is 2. The van der Waals surface area contributed by atoms with Gasteiger partial charge in [-0.05, 0) is 59.9 Å². The molecule has 2 N–H and O–H groups in total. The van der Waals surface area contributed by atoms with Crippen LogP contribution in [0.1, 0.15) is 54.8 Å². The van der Waals surface area contributed by atoms with E-state index in [1.807, 2.05) is 73.7 Å². The number of H-pyrrole nitrogens is 1. The summed E-state index contributed by atoms with van der Waals surface area (Å²) in [6.07, 6.45) is 7.24. The van der Waals surface area contributed by atoms with Crippen LogP contribution in [0, 0.1) is 5.82 Å². The van der Waals surface area contributed by atoms with Crippen LogP contribution in [0.4, 0.5) is 10.1 Å². The van der Waals surface area contributed by atoms with Crippen molar-refractivity contribution in [3.05, 3.63) is 102 Å². The van der Waals surface area contributed by atoms with E-state index in [9.17, 15) is 14.0 Å². The lowest BCUT2D eigenvalue weighted by Gasteiger charge is -2.34. The second-order valence-corrected chi connectivity index (χ2v) is 10.9. The standard InChI is InChI=1S/C33H37FN4O2/c1-37(2)28-18-14-24(15-19-28)32(33(40)36-27-8-4-3-5-9-27)38(22-23-12-16-26(34)17-13-23)31(39)20-25-21-35-30-11-7-6-10-29(25)30/h6-7,10-19,21,27,32,35H,3-5,8-9,20,22H2,1-2H3,(H,36,40)/t32-/m1/s1. The van der Waals surface area contributed by atoms with E-state index in [0.717, 1.165) is 59.0 Å². The van der Waals surface area contributed by atoms with Gasteiger partial charge in [0.05, 0.1) is 6.42 Å². The normalized spacial score (nSPS) is 14.6. The second-order valence-electron chi connectivity index (χ2n) is 10.9. The molecule has 5 rings (SSSR count). The number of carbonyl (C=O) groups is 2. The van der Waals surface area contributed by atoms with Gasteiger partial charge in [-0.15, -0.1) is 0 Å². The molecule has 1 aromatic heterocycles. The van der Waals surface area contributed by atoms with E-state index in [1.165, 1.54) is 18.6 Å². The zero-order valence-corrected chi connectivity index (χ0v) is 23.2. The van der Waals surface area contributed by atoms with Crippen LogP contribution in [0.5, 0.6) is 0 Å². The molecule has 40 heavy (non-hydrogen) atoms. The maximum absolute atomic E-state index is 14.2. The first-order valence-electron chi connectivity index (χ1n) is 14.1. The molecule has 7 heteroatoms. The van der Waals surface area contributed by atoms with Gasteiger partial charge in [-0.1, -0.05) is 61.7 Å². The average Bonchev–Trinajstić information content (AvgIpc) is 3.37. The Labute approximate surface area is 235 Å². The van der Waals surface area contributed by atoms with Crippen LogP contribution in [0.25, 0.3) is 10.9 Å². The van der Waals surface area contributed by atoms with Crippen molar-refractivity contribution in [1.82, 2.24) is 15.2 Å². The van der Waals surface area contributed by atoms with E-state index in [4.69, 9.17) is 0 Å². The van der Waals surface area contributed by atoms with Crippen molar-refractivity contribution in [3.63, 3.8) is 0 Å². The number of rotatable bonds is 9. The lowest BCUT2D eigenvalue weighted by Crippen LogP contribution is -2.47. The Bertz CT molecular complexity index is 1440. The summed E-state index contributed by atoms with van der Waals surface area (Å²) in [5.41, 5.74) is 4.34. The third-order valence-electron chi connectivity index (χ3n) is 7.84. The molecular formula is C33H37FN4O2. The molecule has 0 radical (unpaired) electrons. The molecule has 2 amide bonds. The number of para-hydroxylation sites is 1. The molecule has 3 aromatic carbocycles. The molecule has 0 aliphatic heterocycles. The minimum absolute atomic E-state index is 0.0983. The fraction of sp³-hybridized carbons (Fsp3) is 0.333. The molecule has 208 valence electrons. The number of amides is 2. The first kappa shape index (κ1) is 27.4. The highest BCUT2D eigenvalue weighted by molar-refractivity contribution is 5.92. The zero-order valence-electron chi connectivity index (χ0n) is 23.2. The van der Waals surface area contributed by atoms with Crippen LogP contribution in [0.15, 0.2) is 79.0 Å². The van der Waals surface area contributed by atoms with Crippen molar-refractivity contribution in [2.24, 2.45) is 0 Å². The Kier molecular flexibility index (Phi) is 8.48. The number of aromatic nitrogens is 1. The van der Waals surface area contributed by atoms with E-state index < -0.39 is 6.04 Å². The van der Waals surface area contributed by atoms with Gasteiger partial charge >= 0.3 is 0 Å². The molecule has 0 bridgehead atoms. The lowest BCUT2D eigenvalue weighted by molar-refractivity contribution is -0.141. The summed E-state index contributed by atoms with van der Waals surface area (Å²) in [6.45, 7) is 0.180. The van der Waals surface area contributed by atoms with Crippen LogP contribution < -0.4 is 10.2 Å². The van der Waals surface area contributed by atoms with Crippen molar-refractivity contribution in [2.75, 3.05) is 19.0 Å². The number of fused-ring (bicyclic) bond motifs is 1. The summed E-state index contributed by atoms with van der Waals surface area (Å²) in [7, 11) is 3.93. The summed E-state index contributed by atoms with van der Waals surface area (Å²) >= 11 is 0. The molecule has 1 aliphatic rings. The van der Waals surface area contributed by atoms with Gasteiger partial charge in [0.25, 0.3) is 0 Å². The van der Waals surface area contributed by atoms with E-state index in [-0.39, 0.29) is 36.6 Å². The molecule has 1 aliphatic carbocycles. The number of carbonyl (C=O) groups excluding carboxylic acids is 2. The number of halogens is 1. The molecule has 1 saturated carbocycles. The summed E-state index contributed by atoms with van der Waals surface area (Å²) in [6, 6.07) is 21.1. The van der Waals surface area contributed by atoms with Crippen LogP contribution in [-0.2, 0) is 22.6 Å². The molecule has 0 unspecified atom stereocenters. The molecular weight excluding hydrogens is 503 g/mol. The molecule has 0 saturated heterocycles. The van der Waals surface area contributed by atoms with Gasteiger partial charge in [-0.2, -0.15) is 0 Å². The van der Waals surface area contributed by atoms with E-state index in [2.05, 4.69) is 10.3 Å². The van der Waals surface area contributed by atoms with Crippen molar-refractivity contribution in [2.45, 2.75) is 57.2 Å². The number of aromatic amines is 1. The number of hydrogen-bond acceptors (Lipinski definition) is 3. The van der Waals surface area contributed by atoms with Gasteiger partial charge in [-0.3, -0.25) is 9.59 Å². The maximum atomic E-state index is 14.2. The third-order valence-corrected chi connectivity index (χ3v) is 7.84. The van der Waals surface area contributed by atoms with Crippen LogP contribution >= 0.6 is 0 Å². The highest BCUT2D eigenvalue weighted by Crippen LogP contribution is 2.29. The predicted molar refractivity (Wildman–Crippen MR) is 157 cm³/mol. The quantitative estimate of drug-likeness (QED) is 0.268. The smallest absolute Gasteiger partial charge is 0.247 e. The fourth-order valence-electron chi connectivity index (χ4n) is 5.61. The van der Waals surface area contributed by atoms with Crippen molar-refractivity contribution < 1.29 is 14.0 Å². The zero-order chi connectivity index (χ0) is 28.1. The Hall–Kier alpha value is -4.13. The third kappa shape index (κ3) is 6.36. The largest absolute Gasteiger partial charge is 0.378 e. The molecule has 4 aromatic rings. The summed E-state index contributed by atoms with van der Waals surface area (Å²) in [4.78, 5) is 35.1. The number of hydrogen-bond donors (Lipinski definition) is 2. The van der Waals surface area contributed by atoms with Crippen molar-refractivity contribution >= 4 is 28.4 Å². The van der Waals surface area contributed by atoms with Gasteiger partial charge in [0.15, 0.2) is 0 Å². The van der Waals surface area contributed by atoms with Crippen molar-refractivity contribution in [3.8, 4) is 0 Å². The van der Waals surface area contributed by atoms with Gasteiger partial charge in [-0.25, -0.2) is 4.39 Å². The predicted octanol–water partition coefficient (Wildman–Crippen LogP) is 6.13. The molecule has 1 fully saturated rings. The van der Waals surface area contributed by atoms with Crippen molar-refractivity contribution in [1.29, 1.82) is 0 Å². The van der Waals surface area contributed by atoms with E-state index >= 15 is 0 Å². The molecule has 1 atom stereocenters. The Morgan fingerprint density at radius 2 is 1.65 bits per heavy atom. The minimum Gasteiger partial charge on any atom is -0.378 e. The minimum atomic E-state index is -0.833. The first-order valence-corrected chi connectivity index (χ1v) is 14.1. The van der Waals surface area contributed by atoms with Crippen LogP contribution in [-0.4, -0.2) is 41.8 Å². The fourth-order valence-corrected chi connectivity index (χ4v) is 5.61.